The lowest BCUT2D eigenvalue weighted by Gasteiger charge is -2.35. The standard InChI is InChI=1S/C36H40F3N5O7S/c1-4-49-30-21-26(12-15-29(30)50-23(2)3)35(51-34(46)36(37,38)39,43-27-13-14-28-24(20-27)16-17-41-32(28)40)33(45)42-22-25-10-6-7-11-31(25)52(47,48)44-18-8-5-9-19-44/h6-7,10-17,20-21,23,43H,4-5,8-9,18-19,22H2,1-3H3,(H2,40,41)(H,42,45)/t35-/m1/s1. The molecule has 1 aliphatic heterocycles. The van der Waals surface area contributed by atoms with Gasteiger partial charge >= 0.3 is 12.1 Å². The van der Waals surface area contributed by atoms with Crippen LogP contribution in [0.2, 0.25) is 0 Å². The fourth-order valence-electron chi connectivity index (χ4n) is 5.86. The lowest BCUT2D eigenvalue weighted by molar-refractivity contribution is -0.213. The Kier molecular flexibility index (Phi) is 11.5. The van der Waals surface area contributed by atoms with Crippen molar-refractivity contribution in [1.82, 2.24) is 14.6 Å². The van der Waals surface area contributed by atoms with Gasteiger partial charge in [-0.1, -0.05) is 24.6 Å². The van der Waals surface area contributed by atoms with Gasteiger partial charge in [-0.15, -0.1) is 0 Å². The quantitative estimate of drug-likeness (QED) is 0.112. The molecule has 1 aromatic heterocycles. The zero-order chi connectivity index (χ0) is 37.7. The molecule has 0 spiro atoms. The van der Waals surface area contributed by atoms with Gasteiger partial charge in [-0.25, -0.2) is 18.2 Å². The number of carbonyl (C=O) groups is 2. The van der Waals surface area contributed by atoms with Gasteiger partial charge in [0, 0.05) is 42.5 Å². The molecule has 16 heteroatoms. The van der Waals surface area contributed by atoms with Crippen LogP contribution in [0.1, 0.15) is 51.2 Å². The normalized spacial score (nSPS) is 15.1. The fourth-order valence-corrected chi connectivity index (χ4v) is 7.60. The van der Waals surface area contributed by atoms with E-state index < -0.39 is 40.3 Å². The molecule has 1 atom stereocenters. The van der Waals surface area contributed by atoms with Crippen molar-refractivity contribution in [3.05, 3.63) is 84.1 Å². The highest BCUT2D eigenvalue weighted by molar-refractivity contribution is 7.89. The second-order valence-electron chi connectivity index (χ2n) is 12.3. The first kappa shape index (κ1) is 38.1. The number of rotatable bonds is 13. The number of nitrogens with two attached hydrogens (primary N) is 1. The van der Waals surface area contributed by atoms with Gasteiger partial charge in [0.25, 0.3) is 11.6 Å². The lowest BCUT2D eigenvalue weighted by Crippen LogP contribution is -2.54. The number of anilines is 2. The number of ether oxygens (including phenoxy) is 3. The molecule has 1 aliphatic rings. The number of halogens is 3. The Balaban J connectivity index is 1.64. The van der Waals surface area contributed by atoms with E-state index in [0.29, 0.717) is 36.7 Å². The van der Waals surface area contributed by atoms with Crippen LogP contribution in [0.15, 0.2) is 77.8 Å². The summed E-state index contributed by atoms with van der Waals surface area (Å²) in [5.41, 5.74) is 3.08. The summed E-state index contributed by atoms with van der Waals surface area (Å²) >= 11 is 0. The molecule has 12 nitrogen and oxygen atoms in total. The van der Waals surface area contributed by atoms with Gasteiger partial charge in [-0.2, -0.15) is 17.5 Å². The van der Waals surface area contributed by atoms with Gasteiger partial charge in [0.2, 0.25) is 10.0 Å². The SMILES string of the molecule is CCOc1cc([C@@](Nc2ccc3c(N)nccc3c2)(OC(=O)C(F)(F)F)C(=O)NCc2ccccc2S(=O)(=O)N2CCCCC2)ccc1OC(C)C. The number of hydrogen-bond acceptors (Lipinski definition) is 10. The number of sulfonamides is 1. The van der Waals surface area contributed by atoms with Crippen LogP contribution in [0.4, 0.5) is 24.7 Å². The molecule has 0 aliphatic carbocycles. The second-order valence-corrected chi connectivity index (χ2v) is 14.2. The first-order valence-corrected chi connectivity index (χ1v) is 18.1. The largest absolute Gasteiger partial charge is 0.491 e. The molecule has 1 fully saturated rings. The van der Waals surface area contributed by atoms with E-state index >= 15 is 0 Å². The fraction of sp³-hybridized carbons (Fsp3) is 0.361. The highest BCUT2D eigenvalue weighted by Gasteiger charge is 2.52. The Morgan fingerprint density at radius 3 is 2.40 bits per heavy atom. The average Bonchev–Trinajstić information content (AvgIpc) is 3.11. The van der Waals surface area contributed by atoms with Crippen molar-refractivity contribution in [2.24, 2.45) is 0 Å². The summed E-state index contributed by atoms with van der Waals surface area (Å²) in [7, 11) is -3.98. The Morgan fingerprint density at radius 2 is 1.71 bits per heavy atom. The molecule has 1 saturated heterocycles. The van der Waals surface area contributed by atoms with Gasteiger partial charge in [-0.05, 0) is 93.1 Å². The summed E-state index contributed by atoms with van der Waals surface area (Å²) in [6.45, 7) is 5.53. The second kappa shape index (κ2) is 15.7. The number of esters is 1. The number of hydrogen-bond donors (Lipinski definition) is 3. The highest BCUT2D eigenvalue weighted by Crippen LogP contribution is 2.38. The maximum absolute atomic E-state index is 14.5. The van der Waals surface area contributed by atoms with E-state index in [-0.39, 0.29) is 51.7 Å². The molecular weight excluding hydrogens is 703 g/mol. The molecule has 4 N–H and O–H groups in total. The number of fused-ring (bicyclic) bond motifs is 1. The maximum Gasteiger partial charge on any atom is 0.491 e. The Bertz CT molecular complexity index is 2040. The molecule has 278 valence electrons. The summed E-state index contributed by atoms with van der Waals surface area (Å²) in [6.07, 6.45) is -2.12. The van der Waals surface area contributed by atoms with Crippen LogP contribution in [0.5, 0.6) is 11.5 Å². The predicted octanol–water partition coefficient (Wildman–Crippen LogP) is 5.86. The van der Waals surface area contributed by atoms with Crippen molar-refractivity contribution in [3.63, 3.8) is 0 Å². The number of alkyl halides is 3. The third kappa shape index (κ3) is 8.34. The van der Waals surface area contributed by atoms with E-state index in [2.05, 4.69) is 15.6 Å². The predicted molar refractivity (Wildman–Crippen MR) is 188 cm³/mol. The van der Waals surface area contributed by atoms with Crippen molar-refractivity contribution < 1.29 is 45.4 Å². The van der Waals surface area contributed by atoms with E-state index in [1.807, 2.05) is 0 Å². The molecule has 0 bridgehead atoms. The van der Waals surface area contributed by atoms with E-state index in [1.54, 1.807) is 39.0 Å². The first-order valence-electron chi connectivity index (χ1n) is 16.7. The molecule has 0 unspecified atom stereocenters. The van der Waals surface area contributed by atoms with Crippen LogP contribution in [0, 0.1) is 0 Å². The van der Waals surface area contributed by atoms with Crippen molar-refractivity contribution in [3.8, 4) is 11.5 Å². The Hall–Kier alpha value is -5.09. The molecule has 0 saturated carbocycles. The minimum Gasteiger partial charge on any atom is -0.490 e. The number of amides is 1. The van der Waals surface area contributed by atoms with Crippen molar-refractivity contribution >= 4 is 44.2 Å². The van der Waals surface area contributed by atoms with Gasteiger partial charge in [0.15, 0.2) is 11.5 Å². The van der Waals surface area contributed by atoms with Gasteiger partial charge in [0.1, 0.15) is 5.82 Å². The Morgan fingerprint density at radius 1 is 0.981 bits per heavy atom. The number of carbonyl (C=O) groups excluding carboxylic acids is 2. The molecular formula is C36H40F3N5O7S. The van der Waals surface area contributed by atoms with Gasteiger partial charge in [-0.3, -0.25) is 4.79 Å². The smallest absolute Gasteiger partial charge is 0.490 e. The van der Waals surface area contributed by atoms with Gasteiger partial charge in [0.05, 0.1) is 17.6 Å². The van der Waals surface area contributed by atoms with Crippen LogP contribution >= 0.6 is 0 Å². The summed E-state index contributed by atoms with van der Waals surface area (Å²) in [5.74, 6) is -3.44. The molecule has 52 heavy (non-hydrogen) atoms. The van der Waals surface area contributed by atoms with E-state index in [4.69, 9.17) is 19.9 Å². The highest BCUT2D eigenvalue weighted by atomic mass is 32.2. The first-order chi connectivity index (χ1) is 24.7. The molecule has 2 heterocycles. The molecule has 0 radical (unpaired) electrons. The topological polar surface area (TPSA) is 162 Å². The van der Waals surface area contributed by atoms with Gasteiger partial charge < -0.3 is 30.6 Å². The Labute approximate surface area is 299 Å². The molecule has 5 rings (SSSR count). The number of nitrogen functional groups attached to an aromatic ring is 1. The van der Waals surface area contributed by atoms with Crippen molar-refractivity contribution in [2.75, 3.05) is 30.7 Å². The van der Waals surface area contributed by atoms with Crippen LogP contribution in [0.3, 0.4) is 0 Å². The van der Waals surface area contributed by atoms with Crippen LogP contribution in [0.25, 0.3) is 10.8 Å². The zero-order valence-corrected chi connectivity index (χ0v) is 29.6. The van der Waals surface area contributed by atoms with Crippen LogP contribution in [-0.4, -0.2) is 61.6 Å². The number of pyridine rings is 1. The summed E-state index contributed by atoms with van der Waals surface area (Å²) in [4.78, 5) is 31.2. The molecule has 1 amide bonds. The molecule has 4 aromatic rings. The average molecular weight is 744 g/mol. The molecule has 3 aromatic carbocycles. The minimum atomic E-state index is -5.52. The van der Waals surface area contributed by atoms with E-state index in [9.17, 15) is 31.2 Å². The maximum atomic E-state index is 14.5. The third-order valence-electron chi connectivity index (χ3n) is 8.27. The summed E-state index contributed by atoms with van der Waals surface area (Å²) in [6, 6.07) is 16.0. The van der Waals surface area contributed by atoms with Crippen LogP contribution in [-0.2, 0) is 36.6 Å². The van der Waals surface area contributed by atoms with Crippen molar-refractivity contribution in [1.29, 1.82) is 0 Å². The van der Waals surface area contributed by atoms with E-state index in [0.717, 1.165) is 6.42 Å². The number of aromatic nitrogens is 1. The van der Waals surface area contributed by atoms with Crippen molar-refractivity contribution in [2.45, 2.75) is 69.5 Å². The zero-order valence-electron chi connectivity index (χ0n) is 28.8. The number of nitrogens with one attached hydrogen (secondary N) is 2. The lowest BCUT2D eigenvalue weighted by atomic mass is 9.99. The van der Waals surface area contributed by atoms with E-state index in [1.165, 1.54) is 59.0 Å². The third-order valence-corrected chi connectivity index (χ3v) is 10.3. The summed E-state index contributed by atoms with van der Waals surface area (Å²) in [5, 5.41) is 6.33. The monoisotopic (exact) mass is 743 g/mol. The van der Waals surface area contributed by atoms with Crippen LogP contribution < -0.4 is 25.8 Å². The summed E-state index contributed by atoms with van der Waals surface area (Å²) < 4.78 is 87.5. The number of benzene rings is 3. The number of nitrogens with zero attached hydrogens (tertiary/aromatic N) is 2. The minimum absolute atomic E-state index is 0.0612. The number of piperidine rings is 1.